The molecule has 2 nitrogen and oxygen atoms in total. The predicted octanol–water partition coefficient (Wildman–Crippen LogP) is 5.05. The van der Waals surface area contributed by atoms with Crippen molar-refractivity contribution in [2.45, 2.75) is 6.42 Å². The van der Waals surface area contributed by atoms with E-state index in [0.29, 0.717) is 21.6 Å². The Labute approximate surface area is 133 Å². The molecule has 5 heteroatoms. The second kappa shape index (κ2) is 6.55. The van der Waals surface area contributed by atoms with Crippen molar-refractivity contribution < 1.29 is 4.79 Å². The van der Waals surface area contributed by atoms with Crippen LogP contribution in [0, 0.1) is 0 Å². The molecule has 1 N–H and O–H groups in total. The molecule has 0 aliphatic rings. The van der Waals surface area contributed by atoms with Crippen LogP contribution in [0.5, 0.6) is 0 Å². The van der Waals surface area contributed by atoms with Gasteiger partial charge in [0.2, 0.25) is 5.91 Å². The van der Waals surface area contributed by atoms with Crippen molar-refractivity contribution in [3.05, 3.63) is 62.0 Å². The summed E-state index contributed by atoms with van der Waals surface area (Å²) in [7, 11) is 0. The monoisotopic (exact) mass is 401 g/mol. The first-order valence-electron chi connectivity index (χ1n) is 5.54. The van der Waals surface area contributed by atoms with Gasteiger partial charge in [-0.15, -0.1) is 0 Å². The van der Waals surface area contributed by atoms with E-state index in [1.807, 2.05) is 24.3 Å². The lowest BCUT2D eigenvalue weighted by atomic mass is 10.1. The van der Waals surface area contributed by atoms with Crippen LogP contribution >= 0.6 is 43.5 Å². The SMILES string of the molecule is O=C(Cc1cccc(Br)c1)Nc1cccc(Cl)c1Br. The minimum absolute atomic E-state index is 0.0823. The molecule has 98 valence electrons. The molecule has 0 saturated heterocycles. The quantitative estimate of drug-likeness (QED) is 0.764. The largest absolute Gasteiger partial charge is 0.325 e. The number of carbonyl (C=O) groups excluding carboxylic acids is 1. The summed E-state index contributed by atoms with van der Waals surface area (Å²) in [4.78, 5) is 12.0. The summed E-state index contributed by atoms with van der Waals surface area (Å²) in [5.41, 5.74) is 1.62. The van der Waals surface area contributed by atoms with Gasteiger partial charge in [-0.3, -0.25) is 4.79 Å². The fourth-order valence-corrected chi connectivity index (χ4v) is 2.61. The van der Waals surface area contributed by atoms with Crippen molar-refractivity contribution in [1.82, 2.24) is 0 Å². The summed E-state index contributed by atoms with van der Waals surface area (Å²) < 4.78 is 1.65. The number of rotatable bonds is 3. The first kappa shape index (κ1) is 14.6. The van der Waals surface area contributed by atoms with Crippen molar-refractivity contribution in [2.75, 3.05) is 5.32 Å². The van der Waals surface area contributed by atoms with E-state index in [4.69, 9.17) is 11.6 Å². The molecule has 1 amide bonds. The summed E-state index contributed by atoms with van der Waals surface area (Å²) in [5, 5.41) is 3.40. The van der Waals surface area contributed by atoms with Gasteiger partial charge in [-0.2, -0.15) is 0 Å². The van der Waals surface area contributed by atoms with E-state index in [2.05, 4.69) is 37.2 Å². The van der Waals surface area contributed by atoms with Crippen molar-refractivity contribution in [2.24, 2.45) is 0 Å². The Kier molecular flexibility index (Phi) is 5.02. The fraction of sp³-hybridized carbons (Fsp3) is 0.0714. The lowest BCUT2D eigenvalue weighted by molar-refractivity contribution is -0.115. The number of hydrogen-bond acceptors (Lipinski definition) is 1. The van der Waals surface area contributed by atoms with Crippen LogP contribution in [0.25, 0.3) is 0 Å². The zero-order chi connectivity index (χ0) is 13.8. The van der Waals surface area contributed by atoms with Gasteiger partial charge in [0.1, 0.15) is 0 Å². The Morgan fingerprint density at radius 2 is 1.89 bits per heavy atom. The van der Waals surface area contributed by atoms with Crippen molar-refractivity contribution in [1.29, 1.82) is 0 Å². The van der Waals surface area contributed by atoms with E-state index in [1.54, 1.807) is 18.2 Å². The molecule has 0 fully saturated rings. The molecule has 0 atom stereocenters. The number of amides is 1. The van der Waals surface area contributed by atoms with Gasteiger partial charge >= 0.3 is 0 Å². The van der Waals surface area contributed by atoms with E-state index in [1.165, 1.54) is 0 Å². The molecule has 0 aliphatic carbocycles. The number of hydrogen-bond donors (Lipinski definition) is 1. The second-order valence-corrected chi connectivity index (χ2v) is 6.07. The van der Waals surface area contributed by atoms with Crippen LogP contribution in [-0.2, 0) is 11.2 Å². The van der Waals surface area contributed by atoms with E-state index in [9.17, 15) is 4.79 Å². The van der Waals surface area contributed by atoms with Gasteiger partial charge < -0.3 is 5.32 Å². The van der Waals surface area contributed by atoms with Crippen LogP contribution in [0.2, 0.25) is 5.02 Å². The fourth-order valence-electron chi connectivity index (χ4n) is 1.63. The minimum Gasteiger partial charge on any atom is -0.325 e. The van der Waals surface area contributed by atoms with Gasteiger partial charge in [0.15, 0.2) is 0 Å². The third-order valence-corrected chi connectivity index (χ3v) is 4.37. The molecular formula is C14H10Br2ClNO. The molecule has 0 unspecified atom stereocenters. The van der Waals surface area contributed by atoms with Crippen molar-refractivity contribution in [3.63, 3.8) is 0 Å². The van der Waals surface area contributed by atoms with Gasteiger partial charge in [0.25, 0.3) is 0 Å². The van der Waals surface area contributed by atoms with Gasteiger partial charge in [0.05, 0.1) is 21.6 Å². The maximum Gasteiger partial charge on any atom is 0.228 e. The Morgan fingerprint density at radius 3 is 2.63 bits per heavy atom. The molecule has 0 saturated carbocycles. The van der Waals surface area contributed by atoms with Gasteiger partial charge in [0, 0.05) is 4.47 Å². The maximum absolute atomic E-state index is 12.0. The first-order chi connectivity index (χ1) is 9.06. The molecule has 2 aromatic rings. The first-order valence-corrected chi connectivity index (χ1v) is 7.51. The van der Waals surface area contributed by atoms with Crippen molar-refractivity contribution in [3.8, 4) is 0 Å². The normalized spacial score (nSPS) is 10.3. The molecule has 0 spiro atoms. The molecule has 0 bridgehead atoms. The zero-order valence-electron chi connectivity index (χ0n) is 9.79. The lowest BCUT2D eigenvalue weighted by Gasteiger charge is -2.08. The number of anilines is 1. The number of benzene rings is 2. The van der Waals surface area contributed by atoms with Crippen LogP contribution in [0.4, 0.5) is 5.69 Å². The maximum atomic E-state index is 12.0. The zero-order valence-corrected chi connectivity index (χ0v) is 13.7. The van der Waals surface area contributed by atoms with Crippen LogP contribution in [-0.4, -0.2) is 5.91 Å². The van der Waals surface area contributed by atoms with E-state index < -0.39 is 0 Å². The number of halogens is 3. The standard InChI is InChI=1S/C14H10Br2ClNO/c15-10-4-1-3-9(7-10)8-13(19)18-12-6-2-5-11(17)14(12)16/h1-7H,8H2,(H,18,19). The summed E-state index contributed by atoms with van der Waals surface area (Å²) in [6.45, 7) is 0. The summed E-state index contributed by atoms with van der Waals surface area (Å²) >= 11 is 12.7. The third-order valence-electron chi connectivity index (χ3n) is 2.48. The van der Waals surface area contributed by atoms with Crippen LogP contribution in [0.15, 0.2) is 51.4 Å². The average molecular weight is 404 g/mol. The molecular weight excluding hydrogens is 393 g/mol. The summed E-state index contributed by atoms with van der Waals surface area (Å²) in [6.07, 6.45) is 0.318. The topological polar surface area (TPSA) is 29.1 Å². The Morgan fingerprint density at radius 1 is 1.16 bits per heavy atom. The Bertz CT molecular complexity index is 616. The lowest BCUT2D eigenvalue weighted by Crippen LogP contribution is -2.14. The number of carbonyl (C=O) groups is 1. The average Bonchev–Trinajstić information content (AvgIpc) is 2.35. The third kappa shape index (κ3) is 4.06. The second-order valence-electron chi connectivity index (χ2n) is 3.96. The van der Waals surface area contributed by atoms with E-state index >= 15 is 0 Å². The van der Waals surface area contributed by atoms with Gasteiger partial charge in [-0.25, -0.2) is 0 Å². The predicted molar refractivity (Wildman–Crippen MR) is 85.6 cm³/mol. The van der Waals surface area contributed by atoms with E-state index in [0.717, 1.165) is 10.0 Å². The molecule has 19 heavy (non-hydrogen) atoms. The smallest absolute Gasteiger partial charge is 0.228 e. The highest BCUT2D eigenvalue weighted by Crippen LogP contribution is 2.30. The van der Waals surface area contributed by atoms with Gasteiger partial charge in [-0.05, 0) is 45.8 Å². The van der Waals surface area contributed by atoms with Crippen LogP contribution in [0.3, 0.4) is 0 Å². The van der Waals surface area contributed by atoms with Gasteiger partial charge in [-0.1, -0.05) is 45.7 Å². The highest BCUT2D eigenvalue weighted by Gasteiger charge is 2.08. The molecule has 0 heterocycles. The Hall–Kier alpha value is -0.840. The van der Waals surface area contributed by atoms with Crippen LogP contribution < -0.4 is 5.32 Å². The highest BCUT2D eigenvalue weighted by molar-refractivity contribution is 9.11. The molecule has 0 radical (unpaired) electrons. The molecule has 2 rings (SSSR count). The summed E-state index contributed by atoms with van der Waals surface area (Å²) in [6, 6.07) is 13.0. The molecule has 2 aromatic carbocycles. The molecule has 0 aromatic heterocycles. The number of nitrogens with one attached hydrogen (secondary N) is 1. The van der Waals surface area contributed by atoms with E-state index in [-0.39, 0.29) is 5.91 Å². The Balaban J connectivity index is 2.08. The van der Waals surface area contributed by atoms with Crippen molar-refractivity contribution >= 4 is 55.1 Å². The minimum atomic E-state index is -0.0823. The highest BCUT2D eigenvalue weighted by atomic mass is 79.9. The molecule has 0 aliphatic heterocycles. The van der Waals surface area contributed by atoms with Crippen LogP contribution in [0.1, 0.15) is 5.56 Å². The summed E-state index contributed by atoms with van der Waals surface area (Å²) in [5.74, 6) is -0.0823.